The number of likely N-dealkylation sites (tertiary alicyclic amines) is 1. The molecule has 3 heterocycles. The van der Waals surface area contributed by atoms with Gasteiger partial charge in [-0.05, 0) is 12.8 Å². The lowest BCUT2D eigenvalue weighted by Crippen LogP contribution is -2.38. The first-order chi connectivity index (χ1) is 9.58. The van der Waals surface area contributed by atoms with Crippen LogP contribution < -0.4 is 0 Å². The van der Waals surface area contributed by atoms with Gasteiger partial charge in [0.25, 0.3) is 0 Å². The lowest BCUT2D eigenvalue weighted by molar-refractivity contribution is 0.129. The van der Waals surface area contributed by atoms with Crippen molar-refractivity contribution in [3.8, 4) is 0 Å². The lowest BCUT2D eigenvalue weighted by atomic mass is 9.97. The number of hydrogen-bond acceptors (Lipinski definition) is 3. The number of halogens is 2. The molecule has 106 valence electrons. The quantitative estimate of drug-likeness (QED) is 0.878. The van der Waals surface area contributed by atoms with Gasteiger partial charge in [-0.25, -0.2) is 14.8 Å². The van der Waals surface area contributed by atoms with Crippen LogP contribution in [-0.4, -0.2) is 43.6 Å². The third-order valence-corrected chi connectivity index (χ3v) is 4.11. The van der Waals surface area contributed by atoms with E-state index in [1.807, 2.05) is 0 Å². The molecule has 1 aliphatic rings. The Morgan fingerprint density at radius 2 is 2.15 bits per heavy atom. The molecule has 1 N–H and O–H groups in total. The van der Waals surface area contributed by atoms with Crippen LogP contribution in [0.2, 0.25) is 10.3 Å². The molecular weight excluding hydrogens is 303 g/mol. The van der Waals surface area contributed by atoms with Crippen molar-refractivity contribution in [3.05, 3.63) is 28.5 Å². The largest absolute Gasteiger partial charge is 0.465 e. The van der Waals surface area contributed by atoms with Gasteiger partial charge >= 0.3 is 6.09 Å². The average Bonchev–Trinajstić information content (AvgIpc) is 2.89. The molecule has 0 aromatic carbocycles. The molecular formula is C12H12Cl2N4O2. The molecule has 2 aromatic heterocycles. The van der Waals surface area contributed by atoms with E-state index < -0.39 is 6.09 Å². The third-order valence-electron chi connectivity index (χ3n) is 3.56. The zero-order chi connectivity index (χ0) is 14.3. The Labute approximate surface area is 124 Å². The Hall–Kier alpha value is -1.53. The van der Waals surface area contributed by atoms with E-state index in [1.165, 1.54) is 11.1 Å². The number of piperidine rings is 1. The SMILES string of the molecule is O=C(O)N1CCCC(c2ncc3c(Cl)ncc(Cl)n23)C1. The van der Waals surface area contributed by atoms with Crippen LogP contribution in [0, 0.1) is 0 Å². The predicted molar refractivity (Wildman–Crippen MR) is 74.6 cm³/mol. The number of hydrogen-bond donors (Lipinski definition) is 1. The number of aromatic nitrogens is 3. The van der Waals surface area contributed by atoms with E-state index in [1.54, 1.807) is 10.6 Å². The highest BCUT2D eigenvalue weighted by atomic mass is 35.5. The molecule has 20 heavy (non-hydrogen) atoms. The molecule has 1 atom stereocenters. The molecule has 0 aliphatic carbocycles. The van der Waals surface area contributed by atoms with Gasteiger partial charge in [0.15, 0.2) is 5.15 Å². The summed E-state index contributed by atoms with van der Waals surface area (Å²) in [6.07, 6.45) is 3.87. The Morgan fingerprint density at radius 1 is 1.35 bits per heavy atom. The van der Waals surface area contributed by atoms with Gasteiger partial charge in [0.05, 0.1) is 12.4 Å². The summed E-state index contributed by atoms with van der Waals surface area (Å²) in [4.78, 5) is 20.8. The predicted octanol–water partition coefficient (Wildman–Crippen LogP) is 2.89. The number of imidazole rings is 1. The number of nitrogens with zero attached hydrogens (tertiary/aromatic N) is 4. The second-order valence-corrected chi connectivity index (χ2v) is 5.52. The van der Waals surface area contributed by atoms with E-state index in [-0.39, 0.29) is 5.92 Å². The highest BCUT2D eigenvalue weighted by molar-refractivity contribution is 6.33. The van der Waals surface area contributed by atoms with Crippen LogP contribution in [0.1, 0.15) is 24.6 Å². The molecule has 2 aromatic rings. The van der Waals surface area contributed by atoms with E-state index in [9.17, 15) is 4.79 Å². The fraction of sp³-hybridized carbons (Fsp3) is 0.417. The minimum atomic E-state index is -0.902. The number of carboxylic acid groups (broad SMARTS) is 1. The van der Waals surface area contributed by atoms with Crippen LogP contribution >= 0.6 is 23.2 Å². The van der Waals surface area contributed by atoms with Gasteiger partial charge in [0, 0.05) is 19.0 Å². The Bertz CT molecular complexity index is 673. The average molecular weight is 315 g/mol. The van der Waals surface area contributed by atoms with E-state index in [2.05, 4.69) is 9.97 Å². The highest BCUT2D eigenvalue weighted by Crippen LogP contribution is 2.30. The van der Waals surface area contributed by atoms with E-state index in [4.69, 9.17) is 28.3 Å². The molecule has 1 amide bonds. The minimum absolute atomic E-state index is 0.0123. The summed E-state index contributed by atoms with van der Waals surface area (Å²) < 4.78 is 1.74. The van der Waals surface area contributed by atoms with Gasteiger partial charge in [0.1, 0.15) is 16.5 Å². The first kappa shape index (κ1) is 13.5. The van der Waals surface area contributed by atoms with Crippen LogP contribution in [0.25, 0.3) is 5.52 Å². The van der Waals surface area contributed by atoms with Crippen LogP contribution in [0.5, 0.6) is 0 Å². The van der Waals surface area contributed by atoms with E-state index in [0.29, 0.717) is 28.9 Å². The maximum Gasteiger partial charge on any atom is 0.407 e. The van der Waals surface area contributed by atoms with Crippen molar-refractivity contribution < 1.29 is 9.90 Å². The molecule has 0 radical (unpaired) electrons. The van der Waals surface area contributed by atoms with Crippen LogP contribution in [0.3, 0.4) is 0 Å². The van der Waals surface area contributed by atoms with Crippen LogP contribution in [0.15, 0.2) is 12.4 Å². The lowest BCUT2D eigenvalue weighted by Gasteiger charge is -2.30. The summed E-state index contributed by atoms with van der Waals surface area (Å²) in [5.74, 6) is 0.749. The molecule has 3 rings (SSSR count). The second kappa shape index (κ2) is 5.10. The van der Waals surface area contributed by atoms with Gasteiger partial charge in [0.2, 0.25) is 0 Å². The number of fused-ring (bicyclic) bond motifs is 1. The van der Waals surface area contributed by atoms with Crippen molar-refractivity contribution in [2.45, 2.75) is 18.8 Å². The molecule has 1 aliphatic heterocycles. The smallest absolute Gasteiger partial charge is 0.407 e. The number of rotatable bonds is 1. The molecule has 6 nitrogen and oxygen atoms in total. The monoisotopic (exact) mass is 314 g/mol. The van der Waals surface area contributed by atoms with Crippen molar-refractivity contribution in [2.75, 3.05) is 13.1 Å². The van der Waals surface area contributed by atoms with Gasteiger partial charge in [-0.1, -0.05) is 23.2 Å². The zero-order valence-electron chi connectivity index (χ0n) is 10.5. The van der Waals surface area contributed by atoms with Gasteiger partial charge in [-0.2, -0.15) is 0 Å². The summed E-state index contributed by atoms with van der Waals surface area (Å²) in [5.41, 5.74) is 0.640. The van der Waals surface area contributed by atoms with Crippen LogP contribution in [0.4, 0.5) is 4.79 Å². The summed E-state index contributed by atoms with van der Waals surface area (Å²) in [6, 6.07) is 0. The molecule has 1 fully saturated rings. The van der Waals surface area contributed by atoms with E-state index >= 15 is 0 Å². The summed E-state index contributed by atoms with van der Waals surface area (Å²) >= 11 is 12.2. The third kappa shape index (κ3) is 2.19. The minimum Gasteiger partial charge on any atom is -0.465 e. The summed E-state index contributed by atoms with van der Waals surface area (Å²) in [6.45, 7) is 0.982. The Kier molecular flexibility index (Phi) is 3.43. The topological polar surface area (TPSA) is 70.7 Å². The molecule has 0 bridgehead atoms. The van der Waals surface area contributed by atoms with Crippen molar-refractivity contribution in [2.24, 2.45) is 0 Å². The molecule has 0 spiro atoms. The van der Waals surface area contributed by atoms with Crippen molar-refractivity contribution in [1.82, 2.24) is 19.3 Å². The van der Waals surface area contributed by atoms with E-state index in [0.717, 1.165) is 18.7 Å². The van der Waals surface area contributed by atoms with Crippen LogP contribution in [-0.2, 0) is 0 Å². The molecule has 1 unspecified atom stereocenters. The van der Waals surface area contributed by atoms with Gasteiger partial charge < -0.3 is 10.0 Å². The van der Waals surface area contributed by atoms with Crippen molar-refractivity contribution in [1.29, 1.82) is 0 Å². The standard InChI is InChI=1S/C12H12Cl2N4O2/c13-9-5-15-10(14)8-4-16-11(18(8)9)7-2-1-3-17(6-7)12(19)20/h4-5,7H,1-3,6H2,(H,19,20). The summed E-state index contributed by atoms with van der Waals surface area (Å²) in [5, 5.41) is 9.86. The number of carbonyl (C=O) groups is 1. The fourth-order valence-corrected chi connectivity index (χ4v) is 3.03. The van der Waals surface area contributed by atoms with Crippen molar-refractivity contribution in [3.63, 3.8) is 0 Å². The van der Waals surface area contributed by atoms with Gasteiger partial charge in [-0.15, -0.1) is 0 Å². The normalized spacial score (nSPS) is 19.5. The maximum absolute atomic E-state index is 11.1. The Balaban J connectivity index is 2.02. The van der Waals surface area contributed by atoms with Crippen molar-refractivity contribution >= 4 is 34.8 Å². The first-order valence-corrected chi connectivity index (χ1v) is 6.98. The maximum atomic E-state index is 11.1. The summed E-state index contributed by atoms with van der Waals surface area (Å²) in [7, 11) is 0. The number of amides is 1. The second-order valence-electron chi connectivity index (χ2n) is 4.78. The molecule has 1 saturated heterocycles. The molecule has 0 saturated carbocycles. The molecule has 8 heteroatoms. The van der Waals surface area contributed by atoms with Gasteiger partial charge in [-0.3, -0.25) is 4.40 Å². The zero-order valence-corrected chi connectivity index (χ0v) is 12.0. The fourth-order valence-electron chi connectivity index (χ4n) is 2.62. The Morgan fingerprint density at radius 3 is 2.90 bits per heavy atom. The highest BCUT2D eigenvalue weighted by Gasteiger charge is 2.28. The first-order valence-electron chi connectivity index (χ1n) is 6.23.